The van der Waals surface area contributed by atoms with E-state index in [0.717, 1.165) is 10.6 Å². The zero-order chi connectivity index (χ0) is 31.8. The molecule has 44 heavy (non-hydrogen) atoms. The lowest BCUT2D eigenvalue weighted by Gasteiger charge is -2.33. The van der Waals surface area contributed by atoms with Crippen molar-refractivity contribution in [1.82, 2.24) is 0 Å². The minimum atomic E-state index is -3.20. The van der Waals surface area contributed by atoms with Crippen LogP contribution in [0, 0.1) is 0 Å². The Kier molecular flexibility index (Phi) is 13.7. The van der Waals surface area contributed by atoms with Crippen molar-refractivity contribution in [1.29, 1.82) is 0 Å². The molecule has 0 saturated heterocycles. The summed E-state index contributed by atoms with van der Waals surface area (Å²) < 4.78 is 37.0. The molecule has 0 aromatic heterocycles. The van der Waals surface area contributed by atoms with Crippen molar-refractivity contribution in [2.45, 2.75) is 45.1 Å². The van der Waals surface area contributed by atoms with Gasteiger partial charge in [0.05, 0.1) is 11.0 Å². The van der Waals surface area contributed by atoms with Gasteiger partial charge in [0.15, 0.2) is 7.14 Å². The molecule has 2 aromatic rings. The quantitative estimate of drug-likeness (QED) is 0.156. The lowest BCUT2D eigenvalue weighted by atomic mass is 10.1. The van der Waals surface area contributed by atoms with Gasteiger partial charge in [-0.2, -0.15) is 0 Å². The van der Waals surface area contributed by atoms with Crippen molar-refractivity contribution >= 4 is 24.9 Å². The molecule has 0 N–H and O–H groups in total. The van der Waals surface area contributed by atoms with Gasteiger partial charge in [-0.1, -0.05) is 153 Å². The minimum absolute atomic E-state index is 0.289. The molecule has 0 heterocycles. The second-order valence-electron chi connectivity index (χ2n) is 10.3. The monoisotopic (exact) mass is 622 g/mol. The van der Waals surface area contributed by atoms with Gasteiger partial charge in [0, 0.05) is 11.0 Å². The molecule has 2 aromatic carbocycles. The summed E-state index contributed by atoms with van der Waals surface area (Å²) in [5.74, 6) is 2.33. The molecule has 0 amide bonds. The van der Waals surface area contributed by atoms with Crippen molar-refractivity contribution in [2.24, 2.45) is 0 Å². The van der Waals surface area contributed by atoms with E-state index in [2.05, 4.69) is 6.58 Å². The summed E-state index contributed by atoms with van der Waals surface area (Å²) >= 11 is 0. The molecule has 0 radical (unpaired) electrons. The number of ether oxygens (including phenoxy) is 1. The van der Waals surface area contributed by atoms with E-state index in [1.54, 1.807) is 11.9 Å². The highest BCUT2D eigenvalue weighted by molar-refractivity contribution is 7.79. The highest BCUT2D eigenvalue weighted by atomic mass is 31.2. The topological polar surface area (TPSA) is 43.4 Å². The zero-order valence-corrected chi connectivity index (χ0v) is 27.9. The van der Waals surface area contributed by atoms with Crippen LogP contribution in [0.25, 0.3) is 0 Å². The number of para-hydroxylation sites is 1. The first-order valence-electron chi connectivity index (χ1n) is 14.9. The van der Waals surface area contributed by atoms with Crippen LogP contribution >= 0.6 is 14.3 Å². The zero-order valence-electron chi connectivity index (χ0n) is 26.1. The third-order valence-electron chi connectivity index (χ3n) is 7.36. The van der Waals surface area contributed by atoms with E-state index in [-0.39, 0.29) is 5.66 Å². The number of hydrogen-bond acceptors (Lipinski definition) is 3. The lowest BCUT2D eigenvalue weighted by Crippen LogP contribution is -2.32. The average Bonchev–Trinajstić information content (AvgIpc) is 3.05. The third-order valence-corrected chi connectivity index (χ3v) is 14.0. The van der Waals surface area contributed by atoms with Crippen LogP contribution in [0.15, 0.2) is 176 Å². The Morgan fingerprint density at radius 1 is 0.818 bits per heavy atom. The summed E-state index contributed by atoms with van der Waals surface area (Å²) in [6.07, 6.45) is 31.7. The SMILES string of the molecule is C=C/C=C\C=C(/C)P(=O)(/C=C/C=C\C=C/C)C1C=CC=CC1Oc1ccccc1P(=O)(c1ccccc1)C(C)/C=C\C=C/C. The maximum atomic E-state index is 15.2. The van der Waals surface area contributed by atoms with Crippen LogP contribution < -0.4 is 15.3 Å². The van der Waals surface area contributed by atoms with Crippen molar-refractivity contribution in [2.75, 3.05) is 0 Å². The summed E-state index contributed by atoms with van der Waals surface area (Å²) in [5, 5.41) is 2.15. The Hall–Kier alpha value is -3.90. The molecule has 228 valence electrons. The number of hydrogen-bond donors (Lipinski definition) is 0. The van der Waals surface area contributed by atoms with Crippen LogP contribution in [0.4, 0.5) is 0 Å². The second kappa shape index (κ2) is 17.4. The van der Waals surface area contributed by atoms with Gasteiger partial charge >= 0.3 is 0 Å². The van der Waals surface area contributed by atoms with Gasteiger partial charge in [0.1, 0.15) is 19.0 Å². The summed E-state index contributed by atoms with van der Waals surface area (Å²) in [5.41, 5.74) is -0.758. The normalized spacial score (nSPS) is 21.1. The molecular formula is C39H44O3P2. The van der Waals surface area contributed by atoms with E-state index in [1.807, 2.05) is 180 Å². The first kappa shape index (κ1) is 34.6. The van der Waals surface area contributed by atoms with Crippen molar-refractivity contribution in [3.05, 3.63) is 176 Å². The van der Waals surface area contributed by atoms with E-state index in [9.17, 15) is 4.57 Å². The highest BCUT2D eigenvalue weighted by Crippen LogP contribution is 2.62. The molecule has 0 aliphatic heterocycles. The Morgan fingerprint density at radius 2 is 1.48 bits per heavy atom. The summed E-state index contributed by atoms with van der Waals surface area (Å²) in [7, 11) is -6.35. The first-order valence-corrected chi connectivity index (χ1v) is 18.5. The van der Waals surface area contributed by atoms with Crippen LogP contribution in [0.5, 0.6) is 5.75 Å². The van der Waals surface area contributed by atoms with E-state index in [4.69, 9.17) is 4.74 Å². The van der Waals surface area contributed by atoms with Crippen LogP contribution in [0.1, 0.15) is 27.7 Å². The molecular weight excluding hydrogens is 578 g/mol. The Balaban J connectivity index is 2.13. The van der Waals surface area contributed by atoms with Crippen LogP contribution in [0.2, 0.25) is 0 Å². The van der Waals surface area contributed by atoms with Crippen LogP contribution in [-0.2, 0) is 9.13 Å². The molecule has 3 rings (SSSR count). The predicted octanol–water partition coefficient (Wildman–Crippen LogP) is 10.4. The third kappa shape index (κ3) is 8.60. The van der Waals surface area contributed by atoms with E-state index >= 15 is 4.57 Å². The van der Waals surface area contributed by atoms with E-state index in [0.29, 0.717) is 11.1 Å². The molecule has 0 fully saturated rings. The maximum absolute atomic E-state index is 15.2. The van der Waals surface area contributed by atoms with Crippen LogP contribution in [0.3, 0.4) is 0 Å². The standard InChI is InChI=1S/C39H44O3P2/c1-6-9-12-13-23-32-43(40,33(4)24-15-10-7-2)38-30-21-19-28-36(38)42-37-29-20-22-31-39(37)44(41,34(5)25-16-11-8-3)35-26-17-14-18-27-35/h6-32,34,36,38H,2H2,1,3-5H3/b9-6-,11-8-,13-12-,15-10-,25-16-,32-23+,33-24+. The summed E-state index contributed by atoms with van der Waals surface area (Å²) in [4.78, 5) is 0. The molecule has 0 spiro atoms. The minimum Gasteiger partial charge on any atom is -0.484 e. The maximum Gasteiger partial charge on any atom is 0.153 e. The Bertz CT molecular complexity index is 1610. The van der Waals surface area contributed by atoms with E-state index in [1.165, 1.54) is 0 Å². The lowest BCUT2D eigenvalue weighted by molar-refractivity contribution is 0.255. The molecule has 5 unspecified atom stereocenters. The van der Waals surface area contributed by atoms with Gasteiger partial charge in [-0.05, 0) is 50.1 Å². The molecule has 1 aliphatic carbocycles. The Morgan fingerprint density at radius 3 is 2.20 bits per heavy atom. The van der Waals surface area contributed by atoms with Gasteiger partial charge in [0.25, 0.3) is 0 Å². The van der Waals surface area contributed by atoms with Crippen molar-refractivity contribution in [3.8, 4) is 5.75 Å². The van der Waals surface area contributed by atoms with E-state index < -0.39 is 26.0 Å². The number of rotatable bonds is 14. The number of benzene rings is 2. The number of allylic oxidation sites excluding steroid dienone is 16. The Labute approximate surface area is 264 Å². The molecule has 5 heteroatoms. The fourth-order valence-electron chi connectivity index (χ4n) is 4.97. The molecule has 3 nitrogen and oxygen atoms in total. The van der Waals surface area contributed by atoms with Crippen molar-refractivity contribution < 1.29 is 13.9 Å². The van der Waals surface area contributed by atoms with Crippen LogP contribution in [-0.4, -0.2) is 17.4 Å². The predicted molar refractivity (Wildman–Crippen MR) is 193 cm³/mol. The molecule has 0 saturated carbocycles. The van der Waals surface area contributed by atoms with Gasteiger partial charge in [-0.25, -0.2) is 0 Å². The summed E-state index contributed by atoms with van der Waals surface area (Å²) in [6.45, 7) is 11.5. The summed E-state index contributed by atoms with van der Waals surface area (Å²) in [6, 6.07) is 17.2. The van der Waals surface area contributed by atoms with Gasteiger partial charge in [0.2, 0.25) is 0 Å². The first-order chi connectivity index (χ1) is 21.3. The smallest absolute Gasteiger partial charge is 0.153 e. The second-order valence-corrected chi connectivity index (χ2v) is 16.5. The van der Waals surface area contributed by atoms with Gasteiger partial charge in [-0.15, -0.1) is 0 Å². The fraction of sp³-hybridized carbons (Fsp3) is 0.179. The van der Waals surface area contributed by atoms with Gasteiger partial charge in [-0.3, -0.25) is 0 Å². The van der Waals surface area contributed by atoms with Gasteiger partial charge < -0.3 is 13.9 Å². The average molecular weight is 623 g/mol. The fourth-order valence-corrected chi connectivity index (χ4v) is 10.4. The molecule has 5 atom stereocenters. The van der Waals surface area contributed by atoms with Crippen molar-refractivity contribution in [3.63, 3.8) is 0 Å². The molecule has 0 bridgehead atoms. The molecule has 1 aliphatic rings. The highest BCUT2D eigenvalue weighted by Gasteiger charge is 2.40. The largest absolute Gasteiger partial charge is 0.484 e.